The lowest BCUT2D eigenvalue weighted by Crippen LogP contribution is -2.11. The molecule has 17 heavy (non-hydrogen) atoms. The Morgan fingerprint density at radius 2 is 2.12 bits per heavy atom. The van der Waals surface area contributed by atoms with Crippen LogP contribution in [0.1, 0.15) is 10.4 Å². The summed E-state index contributed by atoms with van der Waals surface area (Å²) in [5.41, 5.74) is 0.663. The maximum absolute atomic E-state index is 11.5. The minimum absolute atomic E-state index is 0.135. The van der Waals surface area contributed by atoms with E-state index in [2.05, 4.69) is 20.7 Å². The zero-order valence-electron chi connectivity index (χ0n) is 9.36. The van der Waals surface area contributed by atoms with Crippen molar-refractivity contribution in [2.45, 2.75) is 0 Å². The summed E-state index contributed by atoms with van der Waals surface area (Å²) in [6, 6.07) is 4.57. The van der Waals surface area contributed by atoms with Crippen LogP contribution in [-0.4, -0.2) is 32.9 Å². The number of benzene rings is 1. The fourth-order valence-electron chi connectivity index (χ4n) is 1.24. The van der Waals surface area contributed by atoms with Gasteiger partial charge < -0.3 is 4.74 Å². The van der Waals surface area contributed by atoms with Gasteiger partial charge in [-0.3, -0.25) is 9.52 Å². The molecule has 0 saturated heterocycles. The predicted octanol–water partition coefficient (Wildman–Crippen LogP) is 1.64. The van der Waals surface area contributed by atoms with Gasteiger partial charge in [0, 0.05) is 5.56 Å². The standard InChI is InChI=1S/C10H12BrNO4S/c1-16-10-4-3-7(9(13)6-11)5-8(10)12-17(2,14)15/h3-5,12H,6H2,1-2H3. The molecule has 0 heterocycles. The highest BCUT2D eigenvalue weighted by atomic mass is 79.9. The minimum Gasteiger partial charge on any atom is -0.495 e. The molecule has 0 saturated carbocycles. The van der Waals surface area contributed by atoms with Crippen molar-refractivity contribution in [2.24, 2.45) is 0 Å². The molecular weight excluding hydrogens is 310 g/mol. The van der Waals surface area contributed by atoms with E-state index in [1.165, 1.54) is 13.2 Å². The first-order valence-electron chi connectivity index (χ1n) is 4.62. The van der Waals surface area contributed by atoms with E-state index >= 15 is 0 Å². The van der Waals surface area contributed by atoms with Crippen molar-refractivity contribution in [3.05, 3.63) is 23.8 Å². The maximum Gasteiger partial charge on any atom is 0.229 e. The monoisotopic (exact) mass is 321 g/mol. The molecule has 5 nitrogen and oxygen atoms in total. The summed E-state index contributed by atoms with van der Waals surface area (Å²) in [7, 11) is -1.99. The Morgan fingerprint density at radius 1 is 1.47 bits per heavy atom. The van der Waals surface area contributed by atoms with Crippen LogP contribution in [0.3, 0.4) is 0 Å². The predicted molar refractivity (Wildman–Crippen MR) is 69.6 cm³/mol. The van der Waals surface area contributed by atoms with E-state index in [-0.39, 0.29) is 16.8 Å². The smallest absolute Gasteiger partial charge is 0.229 e. The largest absolute Gasteiger partial charge is 0.495 e. The number of carbonyl (C=O) groups is 1. The molecule has 0 aliphatic rings. The van der Waals surface area contributed by atoms with Crippen LogP contribution in [0.4, 0.5) is 5.69 Å². The van der Waals surface area contributed by atoms with Gasteiger partial charge in [-0.2, -0.15) is 0 Å². The van der Waals surface area contributed by atoms with Crippen molar-refractivity contribution in [3.63, 3.8) is 0 Å². The van der Waals surface area contributed by atoms with Crippen LogP contribution < -0.4 is 9.46 Å². The van der Waals surface area contributed by atoms with E-state index in [0.29, 0.717) is 11.3 Å². The highest BCUT2D eigenvalue weighted by Crippen LogP contribution is 2.26. The molecule has 0 fully saturated rings. The molecule has 94 valence electrons. The average molecular weight is 322 g/mol. The van der Waals surface area contributed by atoms with Crippen LogP contribution in [0, 0.1) is 0 Å². The Kier molecular flexibility index (Phi) is 4.53. The maximum atomic E-state index is 11.5. The second kappa shape index (κ2) is 5.50. The second-order valence-electron chi connectivity index (χ2n) is 3.35. The molecule has 0 bridgehead atoms. The SMILES string of the molecule is COc1ccc(C(=O)CBr)cc1NS(C)(=O)=O. The number of ether oxygens (including phenoxy) is 1. The van der Waals surface area contributed by atoms with Crippen LogP contribution in [0.2, 0.25) is 0 Å². The number of carbonyl (C=O) groups excluding carboxylic acids is 1. The number of methoxy groups -OCH3 is 1. The summed E-state index contributed by atoms with van der Waals surface area (Å²) in [4.78, 5) is 11.5. The lowest BCUT2D eigenvalue weighted by atomic mass is 10.1. The van der Waals surface area contributed by atoms with E-state index in [1.54, 1.807) is 12.1 Å². The zero-order chi connectivity index (χ0) is 13.1. The fraction of sp³-hybridized carbons (Fsp3) is 0.300. The quantitative estimate of drug-likeness (QED) is 0.661. The van der Waals surface area contributed by atoms with E-state index in [1.807, 2.05) is 0 Å². The van der Waals surface area contributed by atoms with Crippen molar-refractivity contribution < 1.29 is 17.9 Å². The zero-order valence-corrected chi connectivity index (χ0v) is 11.8. The number of nitrogens with one attached hydrogen (secondary N) is 1. The Balaban J connectivity index is 3.20. The summed E-state index contributed by atoms with van der Waals surface area (Å²) in [6.07, 6.45) is 1.03. The summed E-state index contributed by atoms with van der Waals surface area (Å²) in [5.74, 6) is 0.228. The Morgan fingerprint density at radius 3 is 2.59 bits per heavy atom. The molecule has 0 atom stereocenters. The van der Waals surface area contributed by atoms with Crippen LogP contribution in [0.25, 0.3) is 0 Å². The number of sulfonamides is 1. The lowest BCUT2D eigenvalue weighted by molar-refractivity contribution is 0.102. The van der Waals surface area contributed by atoms with Crippen LogP contribution in [0.5, 0.6) is 5.75 Å². The van der Waals surface area contributed by atoms with Crippen molar-refractivity contribution in [3.8, 4) is 5.75 Å². The first-order chi connectivity index (χ1) is 7.87. The molecule has 0 aliphatic carbocycles. The van der Waals surface area contributed by atoms with Gasteiger partial charge in [0.15, 0.2) is 5.78 Å². The third-order valence-corrected chi connectivity index (χ3v) is 3.04. The van der Waals surface area contributed by atoms with Gasteiger partial charge in [0.2, 0.25) is 10.0 Å². The van der Waals surface area contributed by atoms with E-state index in [0.717, 1.165) is 6.26 Å². The third-order valence-electron chi connectivity index (χ3n) is 1.94. The molecule has 1 aromatic rings. The van der Waals surface area contributed by atoms with Gasteiger partial charge in [-0.05, 0) is 18.2 Å². The molecule has 0 spiro atoms. The molecule has 0 unspecified atom stereocenters. The van der Waals surface area contributed by atoms with E-state index in [4.69, 9.17) is 4.74 Å². The van der Waals surface area contributed by atoms with Gasteiger partial charge in [-0.1, -0.05) is 15.9 Å². The molecule has 0 radical (unpaired) electrons. The van der Waals surface area contributed by atoms with Gasteiger partial charge in [0.1, 0.15) is 5.75 Å². The lowest BCUT2D eigenvalue weighted by Gasteiger charge is -2.10. The molecule has 0 amide bonds. The Bertz CT molecular complexity index is 527. The molecular formula is C10H12BrNO4S. The van der Waals surface area contributed by atoms with Crippen molar-refractivity contribution in [1.82, 2.24) is 0 Å². The van der Waals surface area contributed by atoms with Crippen molar-refractivity contribution in [2.75, 3.05) is 23.4 Å². The molecule has 7 heteroatoms. The molecule has 1 aromatic carbocycles. The number of anilines is 1. The number of halogens is 1. The number of ketones is 1. The second-order valence-corrected chi connectivity index (χ2v) is 5.66. The topological polar surface area (TPSA) is 72.5 Å². The fourth-order valence-corrected chi connectivity index (χ4v) is 2.12. The van der Waals surface area contributed by atoms with E-state index in [9.17, 15) is 13.2 Å². The third kappa shape index (κ3) is 4.01. The summed E-state index contributed by atoms with van der Waals surface area (Å²) in [5, 5.41) is 0.178. The summed E-state index contributed by atoms with van der Waals surface area (Å²) >= 11 is 3.05. The number of rotatable bonds is 5. The summed E-state index contributed by atoms with van der Waals surface area (Å²) < 4.78 is 29.6. The van der Waals surface area contributed by atoms with Gasteiger partial charge in [0.05, 0.1) is 24.4 Å². The van der Waals surface area contributed by atoms with Gasteiger partial charge in [0.25, 0.3) is 0 Å². The molecule has 0 aromatic heterocycles. The average Bonchev–Trinajstić information content (AvgIpc) is 2.25. The van der Waals surface area contributed by atoms with Crippen molar-refractivity contribution in [1.29, 1.82) is 0 Å². The number of Topliss-reactive ketones (excluding diaryl/α,β-unsaturated/α-hetero) is 1. The van der Waals surface area contributed by atoms with Crippen LogP contribution in [-0.2, 0) is 10.0 Å². The highest BCUT2D eigenvalue weighted by molar-refractivity contribution is 9.09. The van der Waals surface area contributed by atoms with Gasteiger partial charge in [-0.15, -0.1) is 0 Å². The number of hydrogen-bond acceptors (Lipinski definition) is 4. The van der Waals surface area contributed by atoms with E-state index < -0.39 is 10.0 Å². The first kappa shape index (κ1) is 14.0. The van der Waals surface area contributed by atoms with Crippen molar-refractivity contribution >= 4 is 37.4 Å². The molecule has 1 rings (SSSR count). The van der Waals surface area contributed by atoms with Crippen LogP contribution in [0.15, 0.2) is 18.2 Å². The summed E-state index contributed by atoms with van der Waals surface area (Å²) in [6.45, 7) is 0. The molecule has 1 N–H and O–H groups in total. The van der Waals surface area contributed by atoms with Gasteiger partial charge >= 0.3 is 0 Å². The van der Waals surface area contributed by atoms with Crippen LogP contribution >= 0.6 is 15.9 Å². The Labute approximate surface area is 108 Å². The Hall–Kier alpha value is -1.08. The molecule has 0 aliphatic heterocycles. The number of hydrogen-bond donors (Lipinski definition) is 1. The number of alkyl halides is 1. The normalized spacial score (nSPS) is 11.0. The minimum atomic E-state index is -3.41. The highest BCUT2D eigenvalue weighted by Gasteiger charge is 2.12. The van der Waals surface area contributed by atoms with Gasteiger partial charge in [-0.25, -0.2) is 8.42 Å². The first-order valence-corrected chi connectivity index (χ1v) is 7.63.